The summed E-state index contributed by atoms with van der Waals surface area (Å²) in [5.74, 6) is 0.956. The number of halogens is 1. The monoisotopic (exact) mass is 421 g/mol. The molecule has 2 saturated heterocycles. The Labute approximate surface area is 173 Å². The van der Waals surface area contributed by atoms with Gasteiger partial charge in [0.1, 0.15) is 5.82 Å². The lowest BCUT2D eigenvalue weighted by Crippen LogP contribution is -2.43. The molecule has 150 valence electrons. The summed E-state index contributed by atoms with van der Waals surface area (Å²) in [5.41, 5.74) is 5.95. The van der Waals surface area contributed by atoms with E-state index in [1.54, 1.807) is 30.1 Å². The predicted molar refractivity (Wildman–Crippen MR) is 111 cm³/mol. The molecule has 7 nitrogen and oxygen atoms in total. The van der Waals surface area contributed by atoms with Crippen molar-refractivity contribution in [2.45, 2.75) is 42.1 Å². The standard InChI is InChI=1S/C19H24ClN5O2S/c1-12-9-19(11-27-12)4-7-25(8-5-19)18-23-10-14(17(26)24(18)2)28-13-3-6-22-16(21)15(13)20/h3,6,10,12H,4-5,7-9,11H2,1-2H3,(H2,21,22)/t12-/m0/s1. The van der Waals surface area contributed by atoms with Crippen molar-refractivity contribution in [2.75, 3.05) is 30.3 Å². The molecule has 28 heavy (non-hydrogen) atoms. The third-order valence-electron chi connectivity index (χ3n) is 5.71. The number of pyridine rings is 1. The van der Waals surface area contributed by atoms with Gasteiger partial charge in [0.05, 0.1) is 28.8 Å². The minimum atomic E-state index is -0.0976. The smallest absolute Gasteiger partial charge is 0.268 e. The van der Waals surface area contributed by atoms with E-state index in [0.717, 1.165) is 39.0 Å². The van der Waals surface area contributed by atoms with Crippen LogP contribution in [0.15, 0.2) is 33.0 Å². The zero-order valence-corrected chi connectivity index (χ0v) is 17.6. The van der Waals surface area contributed by atoms with E-state index in [2.05, 4.69) is 21.8 Å². The number of hydrogen-bond acceptors (Lipinski definition) is 7. The van der Waals surface area contributed by atoms with Crippen molar-refractivity contribution in [2.24, 2.45) is 12.5 Å². The number of rotatable bonds is 3. The van der Waals surface area contributed by atoms with Gasteiger partial charge in [-0.15, -0.1) is 0 Å². The number of anilines is 2. The van der Waals surface area contributed by atoms with Gasteiger partial charge < -0.3 is 15.4 Å². The average Bonchev–Trinajstić information content (AvgIpc) is 3.04. The molecule has 2 fully saturated rings. The largest absolute Gasteiger partial charge is 0.382 e. The van der Waals surface area contributed by atoms with Crippen LogP contribution < -0.4 is 16.2 Å². The van der Waals surface area contributed by atoms with Crippen LogP contribution in [-0.2, 0) is 11.8 Å². The molecule has 0 saturated carbocycles. The Balaban J connectivity index is 1.52. The van der Waals surface area contributed by atoms with E-state index in [1.807, 2.05) is 0 Å². The summed E-state index contributed by atoms with van der Waals surface area (Å²) < 4.78 is 7.42. The molecule has 1 atom stereocenters. The van der Waals surface area contributed by atoms with Gasteiger partial charge in [-0.3, -0.25) is 9.36 Å². The summed E-state index contributed by atoms with van der Waals surface area (Å²) in [7, 11) is 1.77. The minimum absolute atomic E-state index is 0.0976. The maximum atomic E-state index is 12.9. The first-order valence-electron chi connectivity index (χ1n) is 9.39. The Bertz CT molecular complexity index is 942. The lowest BCUT2D eigenvalue weighted by Gasteiger charge is -2.39. The topological polar surface area (TPSA) is 86.3 Å². The predicted octanol–water partition coefficient (Wildman–Crippen LogP) is 2.96. The first-order valence-corrected chi connectivity index (χ1v) is 10.6. The maximum absolute atomic E-state index is 12.9. The van der Waals surface area contributed by atoms with Crippen molar-refractivity contribution in [1.82, 2.24) is 14.5 Å². The molecular weight excluding hydrogens is 398 g/mol. The van der Waals surface area contributed by atoms with Crippen molar-refractivity contribution in [1.29, 1.82) is 0 Å². The maximum Gasteiger partial charge on any atom is 0.268 e. The van der Waals surface area contributed by atoms with Crippen LogP contribution in [0.1, 0.15) is 26.2 Å². The second kappa shape index (κ2) is 7.57. The lowest BCUT2D eigenvalue weighted by molar-refractivity contribution is 0.0974. The average molecular weight is 422 g/mol. The van der Waals surface area contributed by atoms with Crippen molar-refractivity contribution in [3.8, 4) is 0 Å². The van der Waals surface area contributed by atoms with Crippen LogP contribution in [0.2, 0.25) is 5.02 Å². The van der Waals surface area contributed by atoms with Gasteiger partial charge in [-0.05, 0) is 37.7 Å². The molecule has 9 heteroatoms. The Morgan fingerprint density at radius 2 is 2.07 bits per heavy atom. The van der Waals surface area contributed by atoms with Crippen molar-refractivity contribution < 1.29 is 4.74 Å². The number of ether oxygens (including phenoxy) is 1. The summed E-state index contributed by atoms with van der Waals surface area (Å²) in [5, 5.41) is 0.355. The third-order valence-corrected chi connectivity index (χ3v) is 7.28. The number of aromatic nitrogens is 3. The van der Waals surface area contributed by atoms with Crippen LogP contribution >= 0.6 is 23.4 Å². The highest BCUT2D eigenvalue weighted by Crippen LogP contribution is 2.42. The van der Waals surface area contributed by atoms with Crippen molar-refractivity contribution >= 4 is 35.1 Å². The van der Waals surface area contributed by atoms with E-state index >= 15 is 0 Å². The zero-order valence-electron chi connectivity index (χ0n) is 16.0. The molecule has 0 radical (unpaired) electrons. The van der Waals surface area contributed by atoms with Gasteiger partial charge in [-0.25, -0.2) is 9.97 Å². The van der Waals surface area contributed by atoms with Crippen LogP contribution in [0, 0.1) is 5.41 Å². The van der Waals surface area contributed by atoms with Crippen LogP contribution in [-0.4, -0.2) is 40.3 Å². The van der Waals surface area contributed by atoms with Crippen LogP contribution in [0.25, 0.3) is 0 Å². The number of piperidine rings is 1. The summed E-state index contributed by atoms with van der Waals surface area (Å²) in [6.07, 6.45) is 6.80. The van der Waals surface area contributed by atoms with Crippen molar-refractivity contribution in [3.05, 3.63) is 33.8 Å². The van der Waals surface area contributed by atoms with E-state index in [9.17, 15) is 4.79 Å². The van der Waals surface area contributed by atoms with Gasteiger partial charge in [0.2, 0.25) is 5.95 Å². The first-order chi connectivity index (χ1) is 13.4. The molecule has 4 rings (SSSR count). The zero-order chi connectivity index (χ0) is 19.9. The van der Waals surface area contributed by atoms with Gasteiger partial charge in [0.15, 0.2) is 0 Å². The number of nitrogens with zero attached hydrogens (tertiary/aromatic N) is 4. The molecule has 0 bridgehead atoms. The highest BCUT2D eigenvalue weighted by molar-refractivity contribution is 7.99. The molecule has 2 aliphatic heterocycles. The fourth-order valence-corrected chi connectivity index (χ4v) is 5.21. The number of nitrogen functional groups attached to an aromatic ring is 1. The summed E-state index contributed by atoms with van der Waals surface area (Å²) in [4.78, 5) is 24.8. The second-order valence-corrected chi connectivity index (χ2v) is 9.17. The SMILES string of the molecule is C[C@H]1CC2(CCN(c3ncc(Sc4ccnc(N)c4Cl)c(=O)n3C)CC2)CO1. The van der Waals surface area contributed by atoms with E-state index in [0.29, 0.717) is 32.3 Å². The molecule has 2 aromatic heterocycles. The van der Waals surface area contributed by atoms with Gasteiger partial charge in [0, 0.05) is 31.2 Å². The molecule has 4 heterocycles. The Morgan fingerprint density at radius 3 is 2.75 bits per heavy atom. The van der Waals surface area contributed by atoms with E-state index in [4.69, 9.17) is 22.1 Å². The van der Waals surface area contributed by atoms with E-state index in [1.165, 1.54) is 11.8 Å². The molecule has 2 N–H and O–H groups in total. The summed E-state index contributed by atoms with van der Waals surface area (Å²) in [6, 6.07) is 1.74. The Hall–Kier alpha value is -1.77. The highest BCUT2D eigenvalue weighted by Gasteiger charge is 2.41. The fraction of sp³-hybridized carbons (Fsp3) is 0.526. The molecule has 0 unspecified atom stereocenters. The van der Waals surface area contributed by atoms with Gasteiger partial charge in [0.25, 0.3) is 5.56 Å². The summed E-state index contributed by atoms with van der Waals surface area (Å²) in [6.45, 7) is 4.76. The number of hydrogen-bond donors (Lipinski definition) is 1. The lowest BCUT2D eigenvalue weighted by atomic mass is 9.77. The quantitative estimate of drug-likeness (QED) is 0.815. The molecule has 0 aromatic carbocycles. The van der Waals surface area contributed by atoms with Crippen molar-refractivity contribution in [3.63, 3.8) is 0 Å². The fourth-order valence-electron chi connectivity index (χ4n) is 4.09. The van der Waals surface area contributed by atoms with Gasteiger partial charge >= 0.3 is 0 Å². The molecule has 1 spiro atoms. The van der Waals surface area contributed by atoms with Crippen LogP contribution in [0.5, 0.6) is 0 Å². The normalized spacial score (nSPS) is 21.4. The molecule has 2 aromatic rings. The highest BCUT2D eigenvalue weighted by atomic mass is 35.5. The Morgan fingerprint density at radius 1 is 1.32 bits per heavy atom. The van der Waals surface area contributed by atoms with Gasteiger partial charge in [-0.1, -0.05) is 23.4 Å². The Kier molecular flexibility index (Phi) is 5.28. The summed E-state index contributed by atoms with van der Waals surface area (Å²) >= 11 is 7.46. The van der Waals surface area contributed by atoms with Gasteiger partial charge in [-0.2, -0.15) is 0 Å². The molecule has 0 amide bonds. The van der Waals surface area contributed by atoms with E-state index in [-0.39, 0.29) is 11.4 Å². The third kappa shape index (κ3) is 3.60. The molecule has 2 aliphatic rings. The molecule has 0 aliphatic carbocycles. The second-order valence-electron chi connectivity index (χ2n) is 7.71. The van der Waals surface area contributed by atoms with E-state index < -0.39 is 0 Å². The first kappa shape index (κ1) is 19.5. The van der Waals surface area contributed by atoms with Crippen LogP contribution in [0.3, 0.4) is 0 Å². The van der Waals surface area contributed by atoms with Crippen LogP contribution in [0.4, 0.5) is 11.8 Å². The minimum Gasteiger partial charge on any atom is -0.382 e. The number of nitrogens with two attached hydrogens (primary N) is 1. The molecular formula is C19H24ClN5O2S.